The van der Waals surface area contributed by atoms with Gasteiger partial charge in [0.2, 0.25) is 0 Å². The molecule has 2 nitrogen and oxygen atoms in total. The van der Waals surface area contributed by atoms with E-state index < -0.39 is 0 Å². The van der Waals surface area contributed by atoms with E-state index in [0.717, 1.165) is 30.2 Å². The van der Waals surface area contributed by atoms with Gasteiger partial charge < -0.3 is 10.1 Å². The predicted octanol–water partition coefficient (Wildman–Crippen LogP) is 4.11. The minimum Gasteiger partial charge on any atom is -0.496 e. The molecule has 0 aliphatic rings. The second-order valence-corrected chi connectivity index (χ2v) is 6.18. The lowest BCUT2D eigenvalue weighted by Crippen LogP contribution is -2.25. The molecular formula is C16H27NOS. The standard InChI is InChI=1S/C16H27NOS/c1-6-8-17-14(11-19-7-2)16-13(4)9-12(3)10-15(16)18-5/h9-10,14,17H,6-8,11H2,1-5H3. The van der Waals surface area contributed by atoms with E-state index in [4.69, 9.17) is 4.74 Å². The van der Waals surface area contributed by atoms with Gasteiger partial charge in [-0.05, 0) is 49.8 Å². The lowest BCUT2D eigenvalue weighted by atomic mass is 9.98. The highest BCUT2D eigenvalue weighted by Gasteiger charge is 2.18. The zero-order valence-corrected chi connectivity index (χ0v) is 13.7. The highest BCUT2D eigenvalue weighted by Crippen LogP contribution is 2.32. The first-order chi connectivity index (χ1) is 9.13. The van der Waals surface area contributed by atoms with Crippen LogP contribution < -0.4 is 10.1 Å². The maximum Gasteiger partial charge on any atom is 0.124 e. The molecule has 1 rings (SSSR count). The van der Waals surface area contributed by atoms with Crippen LogP contribution in [0.1, 0.15) is 43.0 Å². The molecule has 0 fully saturated rings. The van der Waals surface area contributed by atoms with E-state index in [1.807, 2.05) is 11.8 Å². The minimum atomic E-state index is 0.375. The molecule has 1 unspecified atom stereocenters. The fourth-order valence-electron chi connectivity index (χ4n) is 2.35. The first-order valence-corrected chi connectivity index (χ1v) is 8.25. The topological polar surface area (TPSA) is 21.3 Å². The van der Waals surface area contributed by atoms with Crippen molar-refractivity contribution in [3.63, 3.8) is 0 Å². The van der Waals surface area contributed by atoms with Crippen LogP contribution in [-0.4, -0.2) is 25.2 Å². The molecule has 0 aliphatic heterocycles. The molecule has 19 heavy (non-hydrogen) atoms. The highest BCUT2D eigenvalue weighted by molar-refractivity contribution is 7.99. The van der Waals surface area contributed by atoms with Crippen molar-refractivity contribution < 1.29 is 4.74 Å². The monoisotopic (exact) mass is 281 g/mol. The molecule has 0 bridgehead atoms. The normalized spacial score (nSPS) is 12.5. The Bertz CT molecular complexity index is 385. The molecule has 1 aromatic carbocycles. The molecule has 0 radical (unpaired) electrons. The largest absolute Gasteiger partial charge is 0.496 e. The van der Waals surface area contributed by atoms with Gasteiger partial charge >= 0.3 is 0 Å². The number of benzene rings is 1. The molecule has 0 saturated heterocycles. The number of rotatable bonds is 8. The summed E-state index contributed by atoms with van der Waals surface area (Å²) in [6.07, 6.45) is 1.15. The first kappa shape index (κ1) is 16.4. The molecule has 0 aromatic heterocycles. The molecule has 1 atom stereocenters. The molecule has 108 valence electrons. The summed E-state index contributed by atoms with van der Waals surface area (Å²) in [7, 11) is 1.77. The summed E-state index contributed by atoms with van der Waals surface area (Å²) in [5, 5.41) is 3.65. The Balaban J connectivity index is 3.04. The summed E-state index contributed by atoms with van der Waals surface area (Å²) in [6, 6.07) is 4.76. The van der Waals surface area contributed by atoms with Crippen molar-refractivity contribution in [3.05, 3.63) is 28.8 Å². The average Bonchev–Trinajstić information content (AvgIpc) is 2.39. The van der Waals surface area contributed by atoms with Crippen LogP contribution in [0.25, 0.3) is 0 Å². The summed E-state index contributed by atoms with van der Waals surface area (Å²) in [5.41, 5.74) is 3.90. The maximum absolute atomic E-state index is 5.60. The Kier molecular flexibility index (Phi) is 7.32. The average molecular weight is 281 g/mol. The third kappa shape index (κ3) is 4.73. The van der Waals surface area contributed by atoms with Crippen molar-refractivity contribution in [2.24, 2.45) is 0 Å². The van der Waals surface area contributed by atoms with Crippen molar-refractivity contribution in [1.29, 1.82) is 0 Å². The molecule has 0 spiro atoms. The number of hydrogen-bond donors (Lipinski definition) is 1. The number of ether oxygens (including phenoxy) is 1. The zero-order chi connectivity index (χ0) is 14.3. The quantitative estimate of drug-likeness (QED) is 0.775. The Labute approximate surface area is 122 Å². The van der Waals surface area contributed by atoms with E-state index >= 15 is 0 Å². The van der Waals surface area contributed by atoms with Gasteiger partial charge in [-0.1, -0.05) is 19.9 Å². The van der Waals surface area contributed by atoms with Gasteiger partial charge in [-0.25, -0.2) is 0 Å². The van der Waals surface area contributed by atoms with Crippen LogP contribution in [0.15, 0.2) is 12.1 Å². The van der Waals surface area contributed by atoms with E-state index in [1.165, 1.54) is 16.7 Å². The number of aryl methyl sites for hydroxylation is 2. The van der Waals surface area contributed by atoms with Gasteiger partial charge in [-0.3, -0.25) is 0 Å². The fraction of sp³-hybridized carbons (Fsp3) is 0.625. The third-order valence-corrected chi connectivity index (χ3v) is 4.17. The second kappa shape index (κ2) is 8.49. The van der Waals surface area contributed by atoms with Crippen molar-refractivity contribution in [2.75, 3.05) is 25.2 Å². The predicted molar refractivity (Wildman–Crippen MR) is 86.5 cm³/mol. The summed E-state index contributed by atoms with van der Waals surface area (Å²) >= 11 is 1.98. The van der Waals surface area contributed by atoms with Gasteiger partial charge in [-0.15, -0.1) is 0 Å². The number of methoxy groups -OCH3 is 1. The molecule has 0 saturated carbocycles. The third-order valence-electron chi connectivity index (χ3n) is 3.19. The van der Waals surface area contributed by atoms with Gasteiger partial charge in [0.15, 0.2) is 0 Å². The summed E-state index contributed by atoms with van der Waals surface area (Å²) in [4.78, 5) is 0. The molecule has 3 heteroatoms. The van der Waals surface area contributed by atoms with Gasteiger partial charge in [0.05, 0.1) is 7.11 Å². The fourth-order valence-corrected chi connectivity index (χ4v) is 3.11. The molecule has 1 N–H and O–H groups in total. The van der Waals surface area contributed by atoms with E-state index in [0.29, 0.717) is 6.04 Å². The molecule has 1 aromatic rings. The molecule has 0 amide bonds. The maximum atomic E-state index is 5.60. The van der Waals surface area contributed by atoms with E-state index in [2.05, 4.69) is 45.1 Å². The number of thioether (sulfide) groups is 1. The van der Waals surface area contributed by atoms with Crippen LogP contribution in [-0.2, 0) is 0 Å². The number of nitrogens with one attached hydrogen (secondary N) is 1. The van der Waals surface area contributed by atoms with E-state index in [1.54, 1.807) is 7.11 Å². The van der Waals surface area contributed by atoms with Crippen LogP contribution in [0.4, 0.5) is 0 Å². The van der Waals surface area contributed by atoms with Crippen LogP contribution in [0.3, 0.4) is 0 Å². The Hall–Kier alpha value is -0.670. The summed E-state index contributed by atoms with van der Waals surface area (Å²) in [5.74, 6) is 3.26. The lowest BCUT2D eigenvalue weighted by molar-refractivity contribution is 0.401. The smallest absolute Gasteiger partial charge is 0.124 e. The van der Waals surface area contributed by atoms with Gasteiger partial charge in [0.1, 0.15) is 5.75 Å². The molecular weight excluding hydrogens is 254 g/mol. The van der Waals surface area contributed by atoms with Crippen LogP contribution in [0.2, 0.25) is 0 Å². The highest BCUT2D eigenvalue weighted by atomic mass is 32.2. The van der Waals surface area contributed by atoms with Gasteiger partial charge in [-0.2, -0.15) is 11.8 Å². The van der Waals surface area contributed by atoms with Crippen molar-refractivity contribution >= 4 is 11.8 Å². The first-order valence-electron chi connectivity index (χ1n) is 7.10. The Morgan fingerprint density at radius 2 is 2.00 bits per heavy atom. The second-order valence-electron chi connectivity index (χ2n) is 4.86. The van der Waals surface area contributed by atoms with Crippen LogP contribution in [0, 0.1) is 13.8 Å². The Morgan fingerprint density at radius 1 is 1.26 bits per heavy atom. The lowest BCUT2D eigenvalue weighted by Gasteiger charge is -2.23. The van der Waals surface area contributed by atoms with Crippen molar-refractivity contribution in [3.8, 4) is 5.75 Å². The zero-order valence-electron chi connectivity index (χ0n) is 12.9. The van der Waals surface area contributed by atoms with Crippen LogP contribution >= 0.6 is 11.8 Å². The Morgan fingerprint density at radius 3 is 2.58 bits per heavy atom. The molecule has 0 aliphatic carbocycles. The minimum absolute atomic E-state index is 0.375. The molecule has 0 heterocycles. The van der Waals surface area contributed by atoms with Crippen LogP contribution in [0.5, 0.6) is 5.75 Å². The van der Waals surface area contributed by atoms with E-state index in [9.17, 15) is 0 Å². The van der Waals surface area contributed by atoms with Crippen molar-refractivity contribution in [1.82, 2.24) is 5.32 Å². The number of hydrogen-bond acceptors (Lipinski definition) is 3. The van der Waals surface area contributed by atoms with Crippen molar-refractivity contribution in [2.45, 2.75) is 40.2 Å². The summed E-state index contributed by atoms with van der Waals surface area (Å²) < 4.78 is 5.60. The van der Waals surface area contributed by atoms with E-state index in [-0.39, 0.29) is 0 Å². The summed E-state index contributed by atoms with van der Waals surface area (Å²) in [6.45, 7) is 9.76. The van der Waals surface area contributed by atoms with Gasteiger partial charge in [0, 0.05) is 17.4 Å². The van der Waals surface area contributed by atoms with Gasteiger partial charge in [0.25, 0.3) is 0 Å². The SMILES string of the molecule is CCCNC(CSCC)c1c(C)cc(C)cc1OC.